The Morgan fingerprint density at radius 3 is 2.41 bits per heavy atom. The molecular formula is C19H12F3N3O2. The highest BCUT2D eigenvalue weighted by atomic mass is 19.4. The second kappa shape index (κ2) is 6.96. The summed E-state index contributed by atoms with van der Waals surface area (Å²) < 4.78 is 43.1. The third kappa shape index (κ3) is 3.98. The molecule has 0 aliphatic rings. The minimum absolute atomic E-state index is 0.00123. The SMILES string of the molecule is Cc1cc(-c2ccc(Oc3ccc(C(F)(F)F)cn3)cc2)c(C#N)c(=O)[nH]1. The first-order valence-corrected chi connectivity index (χ1v) is 7.73. The van der Waals surface area contributed by atoms with Crippen molar-refractivity contribution in [1.82, 2.24) is 9.97 Å². The number of nitrogens with zero attached hydrogens (tertiary/aromatic N) is 2. The lowest BCUT2D eigenvalue weighted by atomic mass is 10.0. The summed E-state index contributed by atoms with van der Waals surface area (Å²) in [5.41, 5.74) is 0.397. The molecule has 0 amide bonds. The van der Waals surface area contributed by atoms with Crippen LogP contribution < -0.4 is 10.3 Å². The van der Waals surface area contributed by atoms with Gasteiger partial charge in [0.05, 0.1) is 5.56 Å². The first kappa shape index (κ1) is 18.2. The summed E-state index contributed by atoms with van der Waals surface area (Å²) in [5.74, 6) is 0.367. The second-order valence-electron chi connectivity index (χ2n) is 5.69. The third-order valence-corrected chi connectivity index (χ3v) is 3.73. The van der Waals surface area contributed by atoms with Gasteiger partial charge in [0.2, 0.25) is 5.88 Å². The van der Waals surface area contributed by atoms with E-state index in [-0.39, 0.29) is 11.4 Å². The summed E-state index contributed by atoms with van der Waals surface area (Å²) in [6, 6.07) is 12.0. The largest absolute Gasteiger partial charge is 0.439 e. The molecule has 27 heavy (non-hydrogen) atoms. The lowest BCUT2D eigenvalue weighted by Crippen LogP contribution is -2.12. The Morgan fingerprint density at radius 2 is 1.85 bits per heavy atom. The predicted molar refractivity (Wildman–Crippen MR) is 91.3 cm³/mol. The number of aromatic nitrogens is 2. The summed E-state index contributed by atoms with van der Waals surface area (Å²) in [5, 5.41) is 9.20. The standard InChI is InChI=1S/C19H12F3N3O2/c1-11-8-15(16(9-23)18(26)25-11)12-2-5-14(6-3-12)27-17-7-4-13(10-24-17)19(20,21)22/h2-8,10H,1H3,(H,25,26). The summed E-state index contributed by atoms with van der Waals surface area (Å²) >= 11 is 0. The number of rotatable bonds is 3. The van der Waals surface area contributed by atoms with Crippen molar-refractivity contribution in [3.63, 3.8) is 0 Å². The molecule has 3 aromatic rings. The maximum absolute atomic E-state index is 12.5. The molecule has 8 heteroatoms. The normalized spacial score (nSPS) is 11.1. The molecule has 2 heterocycles. The van der Waals surface area contributed by atoms with Gasteiger partial charge in [-0.15, -0.1) is 0 Å². The van der Waals surface area contributed by atoms with Crippen molar-refractivity contribution < 1.29 is 17.9 Å². The van der Waals surface area contributed by atoms with E-state index in [9.17, 15) is 23.2 Å². The lowest BCUT2D eigenvalue weighted by Gasteiger charge is -2.09. The second-order valence-corrected chi connectivity index (χ2v) is 5.69. The minimum Gasteiger partial charge on any atom is -0.439 e. The number of H-pyrrole nitrogens is 1. The fraction of sp³-hybridized carbons (Fsp3) is 0.105. The smallest absolute Gasteiger partial charge is 0.417 e. The van der Waals surface area contributed by atoms with Gasteiger partial charge in [-0.1, -0.05) is 12.1 Å². The van der Waals surface area contributed by atoms with Crippen molar-refractivity contribution in [3.05, 3.63) is 75.8 Å². The van der Waals surface area contributed by atoms with Gasteiger partial charge in [0, 0.05) is 23.5 Å². The molecule has 0 unspecified atom stereocenters. The fourth-order valence-corrected chi connectivity index (χ4v) is 2.46. The van der Waals surface area contributed by atoms with Crippen LogP contribution in [0.3, 0.4) is 0 Å². The van der Waals surface area contributed by atoms with Crippen LogP contribution in [0.2, 0.25) is 0 Å². The van der Waals surface area contributed by atoms with Crippen molar-refractivity contribution in [2.45, 2.75) is 13.1 Å². The van der Waals surface area contributed by atoms with Gasteiger partial charge in [-0.3, -0.25) is 4.79 Å². The Morgan fingerprint density at radius 1 is 1.15 bits per heavy atom. The van der Waals surface area contributed by atoms with E-state index in [2.05, 4.69) is 9.97 Å². The molecule has 1 N–H and O–H groups in total. The number of alkyl halides is 3. The molecule has 0 atom stereocenters. The number of ether oxygens (including phenoxy) is 1. The van der Waals surface area contributed by atoms with Gasteiger partial charge in [-0.05, 0) is 36.8 Å². The Hall–Kier alpha value is -3.60. The molecule has 1 aromatic carbocycles. The minimum atomic E-state index is -4.46. The average Bonchev–Trinajstić information content (AvgIpc) is 2.61. The third-order valence-electron chi connectivity index (χ3n) is 3.73. The number of hydrogen-bond donors (Lipinski definition) is 1. The van der Waals surface area contributed by atoms with Crippen LogP contribution in [0.1, 0.15) is 16.8 Å². The van der Waals surface area contributed by atoms with Crippen molar-refractivity contribution >= 4 is 0 Å². The Labute approximate surface area is 151 Å². The summed E-state index contributed by atoms with van der Waals surface area (Å²) in [7, 11) is 0. The van der Waals surface area contributed by atoms with Crippen LogP contribution in [0.5, 0.6) is 11.6 Å². The molecular weight excluding hydrogens is 359 g/mol. The van der Waals surface area contributed by atoms with Crippen LogP contribution in [0.15, 0.2) is 53.5 Å². The predicted octanol–water partition coefficient (Wildman–Crippen LogP) is 4.43. The van der Waals surface area contributed by atoms with Gasteiger partial charge in [-0.25, -0.2) is 4.98 Å². The first-order valence-electron chi connectivity index (χ1n) is 7.73. The number of benzene rings is 1. The van der Waals surface area contributed by atoms with E-state index >= 15 is 0 Å². The van der Waals surface area contributed by atoms with Gasteiger partial charge in [-0.2, -0.15) is 18.4 Å². The highest BCUT2D eigenvalue weighted by Gasteiger charge is 2.30. The van der Waals surface area contributed by atoms with Crippen LogP contribution in [-0.4, -0.2) is 9.97 Å². The number of hydrogen-bond acceptors (Lipinski definition) is 4. The highest BCUT2D eigenvalue weighted by Crippen LogP contribution is 2.30. The monoisotopic (exact) mass is 371 g/mol. The first-order chi connectivity index (χ1) is 12.8. The molecule has 2 aromatic heterocycles. The zero-order valence-electron chi connectivity index (χ0n) is 14.0. The molecule has 0 bridgehead atoms. The molecule has 0 fully saturated rings. The summed E-state index contributed by atoms with van der Waals surface area (Å²) in [6.07, 6.45) is -3.76. The molecule has 5 nitrogen and oxygen atoms in total. The van der Waals surface area contributed by atoms with Gasteiger partial charge in [0.15, 0.2) is 0 Å². The maximum atomic E-state index is 12.5. The van der Waals surface area contributed by atoms with E-state index in [1.165, 1.54) is 0 Å². The van der Waals surface area contributed by atoms with Crippen molar-refractivity contribution in [1.29, 1.82) is 5.26 Å². The van der Waals surface area contributed by atoms with E-state index in [1.54, 1.807) is 37.3 Å². The molecule has 0 radical (unpaired) electrons. The Kier molecular flexibility index (Phi) is 4.69. The van der Waals surface area contributed by atoms with Gasteiger partial charge >= 0.3 is 6.18 Å². The van der Waals surface area contributed by atoms with Crippen LogP contribution in [-0.2, 0) is 6.18 Å². The molecule has 0 aliphatic carbocycles. The van der Waals surface area contributed by atoms with E-state index in [4.69, 9.17) is 4.74 Å². The lowest BCUT2D eigenvalue weighted by molar-refractivity contribution is -0.137. The van der Waals surface area contributed by atoms with Crippen LogP contribution in [0.4, 0.5) is 13.2 Å². The fourth-order valence-electron chi connectivity index (χ4n) is 2.46. The van der Waals surface area contributed by atoms with Crippen molar-refractivity contribution in [3.8, 4) is 28.8 Å². The topological polar surface area (TPSA) is 78.8 Å². The summed E-state index contributed by atoms with van der Waals surface area (Å²) in [4.78, 5) is 18.1. The maximum Gasteiger partial charge on any atom is 0.417 e. The quantitative estimate of drug-likeness (QED) is 0.739. The van der Waals surface area contributed by atoms with Crippen LogP contribution in [0, 0.1) is 18.3 Å². The van der Waals surface area contributed by atoms with Gasteiger partial charge in [0.1, 0.15) is 17.4 Å². The number of aromatic amines is 1. The number of pyridine rings is 2. The Balaban J connectivity index is 1.85. The highest BCUT2D eigenvalue weighted by molar-refractivity contribution is 5.70. The van der Waals surface area contributed by atoms with Gasteiger partial charge in [0.25, 0.3) is 5.56 Å². The number of nitriles is 1. The number of nitrogens with one attached hydrogen (secondary N) is 1. The Bertz CT molecular complexity index is 1060. The van der Waals surface area contributed by atoms with E-state index in [0.717, 1.165) is 12.1 Å². The molecule has 0 saturated heterocycles. The van der Waals surface area contributed by atoms with Crippen LogP contribution in [0.25, 0.3) is 11.1 Å². The zero-order chi connectivity index (χ0) is 19.6. The zero-order valence-corrected chi connectivity index (χ0v) is 14.0. The molecule has 0 aliphatic heterocycles. The van der Waals surface area contributed by atoms with Gasteiger partial charge < -0.3 is 9.72 Å². The molecule has 0 saturated carbocycles. The van der Waals surface area contributed by atoms with Crippen molar-refractivity contribution in [2.75, 3.05) is 0 Å². The average molecular weight is 371 g/mol. The molecule has 0 spiro atoms. The molecule has 136 valence electrons. The van der Waals surface area contributed by atoms with Crippen LogP contribution >= 0.6 is 0 Å². The number of halogens is 3. The van der Waals surface area contributed by atoms with Crippen molar-refractivity contribution in [2.24, 2.45) is 0 Å². The van der Waals surface area contributed by atoms with E-state index in [1.807, 2.05) is 6.07 Å². The summed E-state index contributed by atoms with van der Waals surface area (Å²) in [6.45, 7) is 1.71. The number of aryl methyl sites for hydroxylation is 1. The van der Waals surface area contributed by atoms with E-state index in [0.29, 0.717) is 28.8 Å². The van der Waals surface area contributed by atoms with E-state index < -0.39 is 17.3 Å². The molecule has 3 rings (SSSR count).